The largest absolute Gasteiger partial charge is 0.508 e. The molecule has 0 fully saturated rings. The van der Waals surface area contributed by atoms with Crippen LogP contribution in [0.25, 0.3) is 0 Å². The molecule has 128 valence electrons. The molecule has 3 aromatic rings. The van der Waals surface area contributed by atoms with Gasteiger partial charge in [0, 0.05) is 33.3 Å². The van der Waals surface area contributed by atoms with Gasteiger partial charge in [0.25, 0.3) is 0 Å². The van der Waals surface area contributed by atoms with E-state index in [0.717, 1.165) is 18.7 Å². The highest BCUT2D eigenvalue weighted by Gasteiger charge is 2.12. The van der Waals surface area contributed by atoms with Gasteiger partial charge in [0.2, 0.25) is 0 Å². The normalized spacial score (nSPS) is 10.9. The topological polar surface area (TPSA) is 44.3 Å². The maximum atomic E-state index is 9.80. The molecule has 0 spiro atoms. The van der Waals surface area contributed by atoms with Gasteiger partial charge < -0.3 is 10.4 Å². The molecule has 0 radical (unpaired) electrons. The first-order chi connectivity index (χ1) is 12.3. The molecule has 0 heterocycles. The molecule has 0 aliphatic heterocycles. The summed E-state index contributed by atoms with van der Waals surface area (Å²) < 4.78 is 0. The summed E-state index contributed by atoms with van der Waals surface area (Å²) in [7, 11) is -0.567. The monoisotopic (exact) mass is 350 g/mol. The van der Waals surface area contributed by atoms with Gasteiger partial charge in [-0.25, -0.2) is 0 Å². The summed E-state index contributed by atoms with van der Waals surface area (Å²) in [5, 5.41) is 19.5. The molecule has 0 unspecified atom stereocenters. The SMILES string of the molecule is Oc1ccccc1CNCCNP(c1ccccc1)c1ccccc1. The predicted molar refractivity (Wildman–Crippen MR) is 107 cm³/mol. The lowest BCUT2D eigenvalue weighted by atomic mass is 10.2. The number of benzene rings is 3. The number of hydrogen-bond acceptors (Lipinski definition) is 3. The van der Waals surface area contributed by atoms with E-state index in [1.807, 2.05) is 18.2 Å². The van der Waals surface area contributed by atoms with Crippen LogP contribution in [0.5, 0.6) is 5.75 Å². The van der Waals surface area contributed by atoms with E-state index in [1.54, 1.807) is 6.07 Å². The Morgan fingerprint density at radius 1 is 0.680 bits per heavy atom. The van der Waals surface area contributed by atoms with Crippen LogP contribution >= 0.6 is 8.07 Å². The van der Waals surface area contributed by atoms with E-state index >= 15 is 0 Å². The van der Waals surface area contributed by atoms with Crippen LogP contribution in [0, 0.1) is 0 Å². The van der Waals surface area contributed by atoms with Gasteiger partial charge in [0.15, 0.2) is 0 Å². The van der Waals surface area contributed by atoms with Gasteiger partial charge in [-0.15, -0.1) is 0 Å². The molecule has 4 heteroatoms. The van der Waals surface area contributed by atoms with Crippen LogP contribution in [-0.4, -0.2) is 18.2 Å². The molecule has 0 amide bonds. The second-order valence-corrected chi connectivity index (χ2v) is 7.74. The Balaban J connectivity index is 1.56. The van der Waals surface area contributed by atoms with Crippen LogP contribution in [0.1, 0.15) is 5.56 Å². The van der Waals surface area contributed by atoms with Crippen molar-refractivity contribution in [3.8, 4) is 5.75 Å². The number of nitrogens with one attached hydrogen (secondary N) is 2. The number of phenolic OH excluding ortho intramolecular Hbond substituents is 1. The van der Waals surface area contributed by atoms with Crippen LogP contribution in [0.3, 0.4) is 0 Å². The van der Waals surface area contributed by atoms with Crippen LogP contribution in [0.4, 0.5) is 0 Å². The van der Waals surface area contributed by atoms with Crippen molar-refractivity contribution in [1.29, 1.82) is 0 Å². The Morgan fingerprint density at radius 3 is 1.84 bits per heavy atom. The second-order valence-electron chi connectivity index (χ2n) is 5.72. The van der Waals surface area contributed by atoms with E-state index in [-0.39, 0.29) is 0 Å². The lowest BCUT2D eigenvalue weighted by Gasteiger charge is -2.20. The van der Waals surface area contributed by atoms with Crippen molar-refractivity contribution in [3.05, 3.63) is 90.5 Å². The fraction of sp³-hybridized carbons (Fsp3) is 0.143. The first kappa shape index (κ1) is 17.6. The zero-order valence-corrected chi connectivity index (χ0v) is 15.0. The summed E-state index contributed by atoms with van der Waals surface area (Å²) in [6, 6.07) is 28.6. The molecule has 0 atom stereocenters. The minimum Gasteiger partial charge on any atom is -0.508 e. The summed E-state index contributed by atoms with van der Waals surface area (Å²) in [5.74, 6) is 0.346. The molecule has 3 aromatic carbocycles. The summed E-state index contributed by atoms with van der Waals surface area (Å²) in [6.07, 6.45) is 0. The summed E-state index contributed by atoms with van der Waals surface area (Å²) in [6.45, 7) is 2.37. The van der Waals surface area contributed by atoms with Crippen molar-refractivity contribution < 1.29 is 5.11 Å². The highest BCUT2D eigenvalue weighted by molar-refractivity contribution is 7.71. The number of rotatable bonds is 8. The molecule has 0 aromatic heterocycles. The van der Waals surface area contributed by atoms with Crippen molar-refractivity contribution in [2.75, 3.05) is 13.1 Å². The first-order valence-corrected chi connectivity index (χ1v) is 9.80. The van der Waals surface area contributed by atoms with Gasteiger partial charge >= 0.3 is 0 Å². The summed E-state index contributed by atoms with van der Waals surface area (Å²) in [4.78, 5) is 0. The van der Waals surface area contributed by atoms with Crippen molar-refractivity contribution >= 4 is 18.7 Å². The maximum Gasteiger partial charge on any atom is 0.120 e. The molecular weight excluding hydrogens is 327 g/mol. The number of aromatic hydroxyl groups is 1. The van der Waals surface area contributed by atoms with E-state index < -0.39 is 8.07 Å². The van der Waals surface area contributed by atoms with Crippen LogP contribution in [0.2, 0.25) is 0 Å². The number of para-hydroxylation sites is 1. The van der Waals surface area contributed by atoms with Gasteiger partial charge in [0.1, 0.15) is 5.75 Å². The number of hydrogen-bond donors (Lipinski definition) is 3. The second kappa shape index (κ2) is 9.33. The fourth-order valence-electron chi connectivity index (χ4n) is 2.63. The third kappa shape index (κ3) is 5.14. The Kier molecular flexibility index (Phi) is 6.58. The molecule has 0 saturated heterocycles. The predicted octanol–water partition coefficient (Wildman–Crippen LogP) is 3.12. The van der Waals surface area contributed by atoms with Crippen LogP contribution < -0.4 is 21.0 Å². The van der Waals surface area contributed by atoms with Crippen molar-refractivity contribution in [3.63, 3.8) is 0 Å². The minimum atomic E-state index is -0.567. The Morgan fingerprint density at radius 2 is 1.24 bits per heavy atom. The van der Waals surface area contributed by atoms with E-state index in [0.29, 0.717) is 12.3 Å². The van der Waals surface area contributed by atoms with E-state index in [4.69, 9.17) is 0 Å². The number of phenols is 1. The molecule has 3 nitrogen and oxygen atoms in total. The third-order valence-electron chi connectivity index (χ3n) is 3.91. The van der Waals surface area contributed by atoms with Gasteiger partial charge in [-0.2, -0.15) is 0 Å². The first-order valence-electron chi connectivity index (χ1n) is 8.46. The van der Waals surface area contributed by atoms with Crippen molar-refractivity contribution in [2.45, 2.75) is 6.54 Å². The van der Waals surface area contributed by atoms with Crippen LogP contribution in [-0.2, 0) is 6.54 Å². The Hall–Kier alpha value is -2.19. The molecule has 0 aliphatic rings. The molecule has 0 bridgehead atoms. The zero-order valence-electron chi connectivity index (χ0n) is 14.1. The summed E-state index contributed by atoms with van der Waals surface area (Å²) >= 11 is 0. The van der Waals surface area contributed by atoms with Crippen molar-refractivity contribution in [2.24, 2.45) is 0 Å². The zero-order chi connectivity index (χ0) is 17.3. The third-order valence-corrected chi connectivity index (χ3v) is 6.08. The van der Waals surface area contributed by atoms with E-state index in [2.05, 4.69) is 71.1 Å². The standard InChI is InChI=1S/C21H23N2OP/c24-21-14-8-7-9-18(21)17-22-15-16-23-25(19-10-3-1-4-11-19)20-12-5-2-6-13-20/h1-14,22-24H,15-17H2. The molecule has 0 saturated carbocycles. The molecule has 3 N–H and O–H groups in total. The maximum absolute atomic E-state index is 9.80. The average molecular weight is 350 g/mol. The highest BCUT2D eigenvalue weighted by Crippen LogP contribution is 2.27. The van der Waals surface area contributed by atoms with E-state index in [9.17, 15) is 5.11 Å². The van der Waals surface area contributed by atoms with Gasteiger partial charge in [-0.3, -0.25) is 5.09 Å². The minimum absolute atomic E-state index is 0.346. The Bertz CT molecular complexity index is 726. The smallest absolute Gasteiger partial charge is 0.120 e. The quantitative estimate of drug-likeness (QED) is 0.432. The van der Waals surface area contributed by atoms with Crippen LogP contribution in [0.15, 0.2) is 84.9 Å². The summed E-state index contributed by atoms with van der Waals surface area (Å²) in [5.41, 5.74) is 0.927. The highest BCUT2D eigenvalue weighted by atomic mass is 31.1. The lowest BCUT2D eigenvalue weighted by Crippen LogP contribution is -2.29. The lowest BCUT2D eigenvalue weighted by molar-refractivity contribution is 0.464. The van der Waals surface area contributed by atoms with E-state index in [1.165, 1.54) is 10.6 Å². The molecule has 3 rings (SSSR count). The molecule has 25 heavy (non-hydrogen) atoms. The Labute approximate surface area is 150 Å². The molecule has 0 aliphatic carbocycles. The average Bonchev–Trinajstić information content (AvgIpc) is 2.67. The van der Waals surface area contributed by atoms with Gasteiger partial charge in [0.05, 0.1) is 0 Å². The fourth-order valence-corrected chi connectivity index (χ4v) is 4.56. The van der Waals surface area contributed by atoms with Gasteiger partial charge in [-0.1, -0.05) is 78.9 Å². The van der Waals surface area contributed by atoms with Crippen molar-refractivity contribution in [1.82, 2.24) is 10.4 Å². The van der Waals surface area contributed by atoms with Gasteiger partial charge in [-0.05, 0) is 16.7 Å². The molecular formula is C21H23N2OP.